The third-order valence-electron chi connectivity index (χ3n) is 1.93. The first-order valence-corrected chi connectivity index (χ1v) is 4.29. The Labute approximate surface area is 77.7 Å². The molecule has 6 nitrogen and oxygen atoms in total. The van der Waals surface area contributed by atoms with Gasteiger partial charge in [-0.05, 0) is 44.4 Å². The van der Waals surface area contributed by atoms with E-state index in [-0.39, 0.29) is 6.04 Å². The molecule has 74 valence electrons. The van der Waals surface area contributed by atoms with Gasteiger partial charge in [0.05, 0.1) is 6.04 Å². The average molecular weight is 184 g/mol. The van der Waals surface area contributed by atoms with Gasteiger partial charge in [0, 0.05) is 0 Å². The molecular formula is C7H16N6. The van der Waals surface area contributed by atoms with Crippen molar-refractivity contribution in [2.75, 3.05) is 26.4 Å². The van der Waals surface area contributed by atoms with E-state index >= 15 is 0 Å². The minimum Gasteiger partial charge on any atom is -0.367 e. The summed E-state index contributed by atoms with van der Waals surface area (Å²) in [5.41, 5.74) is 5.56. The van der Waals surface area contributed by atoms with E-state index in [2.05, 4.69) is 27.3 Å². The van der Waals surface area contributed by atoms with Crippen LogP contribution in [0.15, 0.2) is 0 Å². The fourth-order valence-corrected chi connectivity index (χ4v) is 1.08. The molecule has 1 aromatic rings. The number of rotatable bonds is 4. The second kappa shape index (κ2) is 4.18. The van der Waals surface area contributed by atoms with Crippen LogP contribution in [0, 0.1) is 0 Å². The van der Waals surface area contributed by atoms with Crippen molar-refractivity contribution < 1.29 is 0 Å². The van der Waals surface area contributed by atoms with Crippen molar-refractivity contribution in [2.45, 2.75) is 19.4 Å². The second-order valence-electron chi connectivity index (χ2n) is 3.42. The van der Waals surface area contributed by atoms with Gasteiger partial charge in [-0.1, -0.05) is 5.10 Å². The van der Waals surface area contributed by atoms with Crippen LogP contribution in [-0.4, -0.2) is 45.7 Å². The summed E-state index contributed by atoms with van der Waals surface area (Å²) in [7, 11) is 4.07. The monoisotopic (exact) mass is 184 g/mol. The van der Waals surface area contributed by atoms with E-state index in [1.54, 1.807) is 4.68 Å². The highest BCUT2D eigenvalue weighted by Gasteiger charge is 2.09. The standard InChI is InChI=1S/C7H16N6/c1-6(4-5-12(2)3)13-7(8)9-10-11-13/h6H,4-5H2,1-3H3,(H2,8,9,11). The third kappa shape index (κ3) is 2.66. The van der Waals surface area contributed by atoms with Gasteiger partial charge in [-0.15, -0.1) is 0 Å². The zero-order chi connectivity index (χ0) is 9.84. The fourth-order valence-electron chi connectivity index (χ4n) is 1.08. The first-order chi connectivity index (χ1) is 6.11. The quantitative estimate of drug-likeness (QED) is 0.699. The summed E-state index contributed by atoms with van der Waals surface area (Å²) in [6, 6.07) is 0.248. The predicted octanol–water partition coefficient (Wildman–Crippen LogP) is -0.232. The van der Waals surface area contributed by atoms with E-state index in [9.17, 15) is 0 Å². The van der Waals surface area contributed by atoms with Crippen LogP contribution in [0.3, 0.4) is 0 Å². The highest BCUT2D eigenvalue weighted by Crippen LogP contribution is 2.11. The molecule has 0 saturated heterocycles. The Morgan fingerprint density at radius 1 is 1.54 bits per heavy atom. The van der Waals surface area contributed by atoms with Crippen LogP contribution < -0.4 is 5.73 Å². The molecule has 1 unspecified atom stereocenters. The number of nitrogens with two attached hydrogens (primary N) is 1. The van der Waals surface area contributed by atoms with Gasteiger partial charge < -0.3 is 10.6 Å². The van der Waals surface area contributed by atoms with Crippen molar-refractivity contribution in [1.82, 2.24) is 25.1 Å². The molecule has 0 spiro atoms. The Bertz CT molecular complexity index is 255. The highest BCUT2D eigenvalue weighted by molar-refractivity contribution is 5.10. The molecule has 0 amide bonds. The normalized spacial score (nSPS) is 13.5. The van der Waals surface area contributed by atoms with Crippen LogP contribution in [0.1, 0.15) is 19.4 Å². The first kappa shape index (κ1) is 9.91. The lowest BCUT2D eigenvalue weighted by Gasteiger charge is -2.14. The molecule has 1 heterocycles. The summed E-state index contributed by atoms with van der Waals surface area (Å²) in [6.07, 6.45) is 0.988. The van der Waals surface area contributed by atoms with Crippen LogP contribution in [0.4, 0.5) is 5.95 Å². The van der Waals surface area contributed by atoms with E-state index in [4.69, 9.17) is 5.73 Å². The van der Waals surface area contributed by atoms with Gasteiger partial charge >= 0.3 is 0 Å². The molecule has 0 aromatic carbocycles. The topological polar surface area (TPSA) is 72.9 Å². The Hall–Kier alpha value is -1.17. The van der Waals surface area contributed by atoms with E-state index < -0.39 is 0 Å². The SMILES string of the molecule is CC(CCN(C)C)n1nnnc1N. The molecule has 1 atom stereocenters. The Balaban J connectivity index is 2.49. The maximum absolute atomic E-state index is 5.56. The summed E-state index contributed by atoms with van der Waals surface area (Å²) in [5, 5.41) is 10.9. The summed E-state index contributed by atoms with van der Waals surface area (Å²) in [5.74, 6) is 0.381. The number of aromatic nitrogens is 4. The van der Waals surface area contributed by atoms with Crippen molar-refractivity contribution in [1.29, 1.82) is 0 Å². The smallest absolute Gasteiger partial charge is 0.240 e. The Morgan fingerprint density at radius 3 is 2.69 bits per heavy atom. The number of anilines is 1. The molecule has 0 radical (unpaired) electrons. The first-order valence-electron chi connectivity index (χ1n) is 4.29. The van der Waals surface area contributed by atoms with Crippen LogP contribution in [0.25, 0.3) is 0 Å². The molecule has 0 fully saturated rings. The van der Waals surface area contributed by atoms with E-state index in [0.717, 1.165) is 13.0 Å². The molecule has 0 aliphatic heterocycles. The molecule has 13 heavy (non-hydrogen) atoms. The van der Waals surface area contributed by atoms with Gasteiger partial charge in [-0.3, -0.25) is 0 Å². The van der Waals surface area contributed by atoms with Crippen LogP contribution in [-0.2, 0) is 0 Å². The third-order valence-corrected chi connectivity index (χ3v) is 1.93. The lowest BCUT2D eigenvalue weighted by Crippen LogP contribution is -2.19. The molecule has 2 N–H and O–H groups in total. The average Bonchev–Trinajstić information content (AvgIpc) is 2.47. The van der Waals surface area contributed by atoms with E-state index in [1.807, 2.05) is 14.1 Å². The molecule has 0 saturated carbocycles. The molecule has 0 aliphatic rings. The van der Waals surface area contributed by atoms with Gasteiger partial charge in [0.2, 0.25) is 5.95 Å². The largest absolute Gasteiger partial charge is 0.367 e. The number of nitrogen functional groups attached to an aromatic ring is 1. The van der Waals surface area contributed by atoms with E-state index in [1.165, 1.54) is 0 Å². The van der Waals surface area contributed by atoms with Crippen molar-refractivity contribution in [3.8, 4) is 0 Å². The van der Waals surface area contributed by atoms with Gasteiger partial charge in [-0.2, -0.15) is 0 Å². The molecule has 0 aliphatic carbocycles. The Kier molecular flexibility index (Phi) is 3.18. The number of hydrogen-bond acceptors (Lipinski definition) is 5. The summed E-state index contributed by atoms with van der Waals surface area (Å²) in [6.45, 7) is 3.05. The molecule has 1 rings (SSSR count). The predicted molar refractivity (Wildman–Crippen MR) is 50.1 cm³/mol. The number of hydrogen-bond donors (Lipinski definition) is 1. The molecular weight excluding hydrogens is 168 g/mol. The maximum Gasteiger partial charge on any atom is 0.240 e. The van der Waals surface area contributed by atoms with Crippen molar-refractivity contribution >= 4 is 5.95 Å². The van der Waals surface area contributed by atoms with Crippen LogP contribution in [0.5, 0.6) is 0 Å². The number of nitrogens with zero attached hydrogens (tertiary/aromatic N) is 5. The summed E-state index contributed by atoms with van der Waals surface area (Å²) in [4.78, 5) is 2.12. The maximum atomic E-state index is 5.56. The zero-order valence-electron chi connectivity index (χ0n) is 8.30. The van der Waals surface area contributed by atoms with Gasteiger partial charge in [0.1, 0.15) is 0 Å². The van der Waals surface area contributed by atoms with Crippen molar-refractivity contribution in [3.63, 3.8) is 0 Å². The van der Waals surface area contributed by atoms with Crippen molar-refractivity contribution in [3.05, 3.63) is 0 Å². The highest BCUT2D eigenvalue weighted by atomic mass is 15.6. The molecule has 1 aromatic heterocycles. The van der Waals surface area contributed by atoms with E-state index in [0.29, 0.717) is 5.95 Å². The minimum atomic E-state index is 0.248. The second-order valence-corrected chi connectivity index (χ2v) is 3.42. The lowest BCUT2D eigenvalue weighted by atomic mass is 10.2. The van der Waals surface area contributed by atoms with Gasteiger partial charge in [0.15, 0.2) is 0 Å². The lowest BCUT2D eigenvalue weighted by molar-refractivity contribution is 0.345. The Morgan fingerprint density at radius 2 is 2.23 bits per heavy atom. The van der Waals surface area contributed by atoms with Gasteiger partial charge in [-0.25, -0.2) is 4.68 Å². The van der Waals surface area contributed by atoms with Crippen LogP contribution in [0.2, 0.25) is 0 Å². The summed E-state index contributed by atoms with van der Waals surface area (Å²) < 4.78 is 1.64. The molecule has 6 heteroatoms. The number of tetrazole rings is 1. The molecule has 0 bridgehead atoms. The zero-order valence-corrected chi connectivity index (χ0v) is 8.30. The minimum absolute atomic E-state index is 0.248. The fraction of sp³-hybridized carbons (Fsp3) is 0.857. The van der Waals surface area contributed by atoms with Gasteiger partial charge in [0.25, 0.3) is 0 Å². The summed E-state index contributed by atoms with van der Waals surface area (Å²) >= 11 is 0. The van der Waals surface area contributed by atoms with Crippen LogP contribution >= 0.6 is 0 Å². The van der Waals surface area contributed by atoms with Crippen molar-refractivity contribution in [2.24, 2.45) is 0 Å².